The van der Waals surface area contributed by atoms with Crippen molar-refractivity contribution in [1.29, 1.82) is 0 Å². The number of carbonyl (C=O) groups is 2. The average Bonchev–Trinajstić information content (AvgIpc) is 2.84. The third-order valence-corrected chi connectivity index (χ3v) is 5.21. The van der Waals surface area contributed by atoms with Crippen molar-refractivity contribution >= 4 is 11.8 Å². The highest BCUT2D eigenvalue weighted by molar-refractivity contribution is 5.88. The number of amides is 2. The van der Waals surface area contributed by atoms with E-state index in [2.05, 4.69) is 5.32 Å². The molecule has 3 aromatic rings. The van der Waals surface area contributed by atoms with Crippen LogP contribution >= 0.6 is 0 Å². The first kappa shape index (κ1) is 23.0. The molecule has 3 aromatic carbocycles. The topological polar surface area (TPSA) is 58.6 Å². The summed E-state index contributed by atoms with van der Waals surface area (Å²) in [6.07, 6.45) is 0.240. The van der Waals surface area contributed by atoms with E-state index in [9.17, 15) is 14.0 Å². The van der Waals surface area contributed by atoms with E-state index in [1.54, 1.807) is 31.1 Å². The van der Waals surface area contributed by atoms with Gasteiger partial charge in [0.1, 0.15) is 17.6 Å². The van der Waals surface area contributed by atoms with Gasteiger partial charge in [0.25, 0.3) is 0 Å². The Labute approximate surface area is 187 Å². The Morgan fingerprint density at radius 3 is 2.28 bits per heavy atom. The van der Waals surface area contributed by atoms with Crippen LogP contribution in [0.25, 0.3) is 0 Å². The predicted molar refractivity (Wildman–Crippen MR) is 121 cm³/mol. The van der Waals surface area contributed by atoms with Crippen molar-refractivity contribution < 1.29 is 18.7 Å². The molecule has 32 heavy (non-hydrogen) atoms. The summed E-state index contributed by atoms with van der Waals surface area (Å²) in [5.74, 6) is -0.144. The molecular weight excluding hydrogens is 407 g/mol. The molecule has 0 bridgehead atoms. The number of para-hydroxylation sites is 1. The summed E-state index contributed by atoms with van der Waals surface area (Å²) in [6, 6.07) is 21.8. The number of carbonyl (C=O) groups excluding carboxylic acids is 2. The molecule has 1 atom stereocenters. The van der Waals surface area contributed by atoms with E-state index in [1.165, 1.54) is 12.1 Å². The van der Waals surface area contributed by atoms with E-state index in [1.807, 2.05) is 54.6 Å². The van der Waals surface area contributed by atoms with Gasteiger partial charge in [-0.3, -0.25) is 9.59 Å². The third kappa shape index (κ3) is 5.72. The van der Waals surface area contributed by atoms with Gasteiger partial charge in [0.2, 0.25) is 11.8 Å². The van der Waals surface area contributed by atoms with Crippen LogP contribution in [0, 0.1) is 5.82 Å². The summed E-state index contributed by atoms with van der Waals surface area (Å²) in [7, 11) is 1.58. The number of hydrogen-bond acceptors (Lipinski definition) is 3. The van der Waals surface area contributed by atoms with Crippen LogP contribution in [0.15, 0.2) is 78.9 Å². The second-order valence-corrected chi connectivity index (χ2v) is 7.34. The molecule has 0 aliphatic rings. The molecule has 0 unspecified atom stereocenters. The highest BCUT2D eigenvalue weighted by atomic mass is 19.1. The molecule has 0 heterocycles. The van der Waals surface area contributed by atoms with Crippen molar-refractivity contribution in [2.45, 2.75) is 32.5 Å². The molecule has 0 aliphatic carbocycles. The summed E-state index contributed by atoms with van der Waals surface area (Å²) in [6.45, 7) is 2.21. The molecule has 0 radical (unpaired) electrons. The van der Waals surface area contributed by atoms with Gasteiger partial charge in [-0.2, -0.15) is 0 Å². The van der Waals surface area contributed by atoms with Crippen molar-refractivity contribution in [2.75, 3.05) is 7.11 Å². The molecule has 0 saturated carbocycles. The Morgan fingerprint density at radius 2 is 1.62 bits per heavy atom. The highest BCUT2D eigenvalue weighted by Crippen LogP contribution is 2.25. The molecule has 0 spiro atoms. The molecule has 0 saturated heterocycles. The molecule has 0 fully saturated rings. The minimum Gasteiger partial charge on any atom is -0.496 e. The number of methoxy groups -OCH3 is 1. The normalized spacial score (nSPS) is 11.5. The second-order valence-electron chi connectivity index (χ2n) is 7.34. The van der Waals surface area contributed by atoms with Crippen LogP contribution in [0.5, 0.6) is 5.75 Å². The fourth-order valence-electron chi connectivity index (χ4n) is 3.55. The predicted octanol–water partition coefficient (Wildman–Crippen LogP) is 4.63. The van der Waals surface area contributed by atoms with Gasteiger partial charge in [-0.05, 0) is 29.3 Å². The quantitative estimate of drug-likeness (QED) is 0.534. The molecule has 0 aromatic heterocycles. The summed E-state index contributed by atoms with van der Waals surface area (Å²) in [5.41, 5.74) is 2.28. The van der Waals surface area contributed by atoms with Crippen molar-refractivity contribution in [3.05, 3.63) is 101 Å². The van der Waals surface area contributed by atoms with Crippen LogP contribution in [0.3, 0.4) is 0 Å². The van der Waals surface area contributed by atoms with E-state index in [-0.39, 0.29) is 37.1 Å². The highest BCUT2D eigenvalue weighted by Gasteiger charge is 2.30. The van der Waals surface area contributed by atoms with E-state index in [0.29, 0.717) is 11.3 Å². The number of nitrogens with zero attached hydrogens (tertiary/aromatic N) is 1. The smallest absolute Gasteiger partial charge is 0.247 e. The van der Waals surface area contributed by atoms with Gasteiger partial charge < -0.3 is 15.0 Å². The molecule has 2 amide bonds. The van der Waals surface area contributed by atoms with E-state index < -0.39 is 6.04 Å². The molecule has 166 valence electrons. The van der Waals surface area contributed by atoms with Gasteiger partial charge in [-0.15, -0.1) is 0 Å². The van der Waals surface area contributed by atoms with Crippen molar-refractivity contribution in [3.63, 3.8) is 0 Å². The molecular formula is C26H27FN2O3. The summed E-state index contributed by atoms with van der Waals surface area (Å²) in [4.78, 5) is 27.9. The zero-order chi connectivity index (χ0) is 22.9. The SMILES string of the molecule is CCC(=O)N(Cc1ccc(F)cc1)[C@H](C(=O)NCc1ccccc1OC)c1ccccc1. The standard InChI is InChI=1S/C26H27FN2O3/c1-3-24(30)29(18-19-13-15-22(27)16-14-19)25(20-9-5-4-6-10-20)26(31)28-17-21-11-7-8-12-23(21)32-2/h4-16,25H,3,17-18H2,1-2H3,(H,28,31)/t25-/m0/s1. The minimum absolute atomic E-state index is 0.171. The van der Waals surface area contributed by atoms with Gasteiger partial charge in [-0.25, -0.2) is 4.39 Å². The van der Waals surface area contributed by atoms with Crippen LogP contribution in [0.1, 0.15) is 36.1 Å². The number of hydrogen-bond donors (Lipinski definition) is 1. The zero-order valence-corrected chi connectivity index (χ0v) is 18.3. The maximum atomic E-state index is 13.4. The van der Waals surface area contributed by atoms with Crippen molar-refractivity contribution in [1.82, 2.24) is 10.2 Å². The Bertz CT molecular complexity index is 1040. The van der Waals surface area contributed by atoms with Gasteiger partial charge in [0.05, 0.1) is 7.11 Å². The van der Waals surface area contributed by atoms with Gasteiger partial charge in [0.15, 0.2) is 0 Å². The van der Waals surface area contributed by atoms with Crippen LogP contribution in [0.4, 0.5) is 4.39 Å². The second kappa shape index (κ2) is 11.1. The summed E-state index contributed by atoms with van der Waals surface area (Å²) in [5, 5.41) is 2.95. The van der Waals surface area contributed by atoms with Crippen LogP contribution in [0.2, 0.25) is 0 Å². The molecule has 3 rings (SSSR count). The first-order valence-corrected chi connectivity index (χ1v) is 10.5. The first-order valence-electron chi connectivity index (χ1n) is 10.5. The summed E-state index contributed by atoms with van der Waals surface area (Å²) < 4.78 is 18.7. The number of ether oxygens (including phenoxy) is 1. The first-order chi connectivity index (χ1) is 15.5. The van der Waals surface area contributed by atoms with Crippen molar-refractivity contribution in [3.8, 4) is 5.75 Å². The summed E-state index contributed by atoms with van der Waals surface area (Å²) >= 11 is 0. The molecule has 6 heteroatoms. The average molecular weight is 435 g/mol. The number of rotatable bonds is 9. The van der Waals surface area contributed by atoms with Gasteiger partial charge in [-0.1, -0.05) is 67.6 Å². The van der Waals surface area contributed by atoms with Crippen LogP contribution in [-0.2, 0) is 22.7 Å². The minimum atomic E-state index is -0.830. The van der Waals surface area contributed by atoms with Crippen molar-refractivity contribution in [2.24, 2.45) is 0 Å². The Morgan fingerprint density at radius 1 is 0.969 bits per heavy atom. The Hall–Kier alpha value is -3.67. The number of halogens is 1. The number of nitrogens with one attached hydrogen (secondary N) is 1. The van der Waals surface area contributed by atoms with E-state index in [0.717, 1.165) is 11.1 Å². The fourth-order valence-corrected chi connectivity index (χ4v) is 3.55. The fraction of sp³-hybridized carbons (Fsp3) is 0.231. The molecule has 1 N–H and O–H groups in total. The molecule has 0 aliphatic heterocycles. The van der Waals surface area contributed by atoms with Gasteiger partial charge in [0, 0.05) is 25.1 Å². The monoisotopic (exact) mass is 434 g/mol. The lowest BCUT2D eigenvalue weighted by atomic mass is 10.0. The maximum absolute atomic E-state index is 13.4. The Kier molecular flexibility index (Phi) is 7.97. The Balaban J connectivity index is 1.91. The zero-order valence-electron chi connectivity index (χ0n) is 18.3. The lowest BCUT2D eigenvalue weighted by molar-refractivity contribution is -0.141. The van der Waals surface area contributed by atoms with Crippen LogP contribution in [-0.4, -0.2) is 23.8 Å². The lowest BCUT2D eigenvalue weighted by Crippen LogP contribution is -2.43. The van der Waals surface area contributed by atoms with E-state index >= 15 is 0 Å². The maximum Gasteiger partial charge on any atom is 0.247 e. The van der Waals surface area contributed by atoms with E-state index in [4.69, 9.17) is 4.74 Å². The largest absolute Gasteiger partial charge is 0.496 e. The number of benzene rings is 3. The van der Waals surface area contributed by atoms with Gasteiger partial charge >= 0.3 is 0 Å². The van der Waals surface area contributed by atoms with Crippen LogP contribution < -0.4 is 10.1 Å². The third-order valence-electron chi connectivity index (χ3n) is 5.21. The molecule has 5 nitrogen and oxygen atoms in total. The lowest BCUT2D eigenvalue weighted by Gasteiger charge is -2.31.